The predicted octanol–water partition coefficient (Wildman–Crippen LogP) is 5.24. The molecule has 0 aliphatic heterocycles. The molecule has 0 bridgehead atoms. The van der Waals surface area contributed by atoms with Gasteiger partial charge in [-0.3, -0.25) is 4.79 Å². The lowest BCUT2D eigenvalue weighted by Gasteiger charge is -2.29. The van der Waals surface area contributed by atoms with Crippen LogP contribution in [0.5, 0.6) is 0 Å². The molecule has 2 aromatic heterocycles. The molecule has 4 rings (SSSR count). The summed E-state index contributed by atoms with van der Waals surface area (Å²) in [6.07, 6.45) is 9.37. The smallest absolute Gasteiger partial charge is 0.226 e. The van der Waals surface area contributed by atoms with Crippen molar-refractivity contribution < 1.29 is 9.21 Å². The highest BCUT2D eigenvalue weighted by Crippen LogP contribution is 2.27. The van der Waals surface area contributed by atoms with Crippen LogP contribution in [0.1, 0.15) is 49.1 Å². The molecule has 1 amide bonds. The van der Waals surface area contributed by atoms with Gasteiger partial charge < -0.3 is 13.9 Å². The Hall–Kier alpha value is -2.75. The molecule has 2 heterocycles. The molecule has 0 unspecified atom stereocenters. The average molecular weight is 377 g/mol. The van der Waals surface area contributed by atoms with Gasteiger partial charge >= 0.3 is 0 Å². The Morgan fingerprint density at radius 1 is 0.964 bits per heavy atom. The third-order valence-electron chi connectivity index (χ3n) is 5.67. The molecule has 0 radical (unpaired) electrons. The fraction of sp³-hybridized carbons (Fsp3) is 0.375. The molecular weight excluding hydrogens is 348 g/mol. The second-order valence-electron chi connectivity index (χ2n) is 7.72. The minimum atomic E-state index is 0.154. The van der Waals surface area contributed by atoms with Gasteiger partial charge in [0.15, 0.2) is 0 Å². The second-order valence-corrected chi connectivity index (χ2v) is 7.72. The molecule has 146 valence electrons. The second kappa shape index (κ2) is 8.96. The quantitative estimate of drug-likeness (QED) is 0.566. The predicted molar refractivity (Wildman–Crippen MR) is 110 cm³/mol. The average Bonchev–Trinajstić information content (AvgIpc) is 3.41. The summed E-state index contributed by atoms with van der Waals surface area (Å²) in [5.74, 6) is 1.26. The Bertz CT molecular complexity index is 861. The van der Waals surface area contributed by atoms with Gasteiger partial charge in [0.25, 0.3) is 0 Å². The molecule has 0 atom stereocenters. The zero-order valence-corrected chi connectivity index (χ0v) is 16.3. The van der Waals surface area contributed by atoms with Gasteiger partial charge in [-0.2, -0.15) is 0 Å². The number of carbonyl (C=O) groups excluding carboxylic acids is 1. The van der Waals surface area contributed by atoms with Crippen LogP contribution in [-0.2, 0) is 24.4 Å². The van der Waals surface area contributed by atoms with Gasteiger partial charge in [-0.25, -0.2) is 0 Å². The minimum Gasteiger partial charge on any atom is -0.467 e. The summed E-state index contributed by atoms with van der Waals surface area (Å²) in [7, 11) is 0. The fourth-order valence-corrected chi connectivity index (χ4v) is 4.13. The number of furan rings is 1. The summed E-state index contributed by atoms with van der Waals surface area (Å²) in [6, 6.07) is 18.5. The van der Waals surface area contributed by atoms with Crippen LogP contribution >= 0.6 is 0 Å². The molecule has 0 saturated heterocycles. The molecule has 0 spiro atoms. The van der Waals surface area contributed by atoms with Crippen molar-refractivity contribution in [3.8, 4) is 0 Å². The molecule has 1 saturated carbocycles. The SMILES string of the molecule is O=C(C1CCCCC1)N(Cc1ccco1)Cc1cccn1Cc1ccccc1. The summed E-state index contributed by atoms with van der Waals surface area (Å²) in [5.41, 5.74) is 2.41. The first-order valence-corrected chi connectivity index (χ1v) is 10.3. The van der Waals surface area contributed by atoms with Crippen molar-refractivity contribution in [3.63, 3.8) is 0 Å². The summed E-state index contributed by atoms with van der Waals surface area (Å²) < 4.78 is 7.78. The standard InChI is InChI=1S/C24H28N2O2/c27-24(21-11-5-2-6-12-21)26(19-23-14-8-16-28-23)18-22-13-7-15-25(22)17-20-9-3-1-4-10-20/h1,3-4,7-10,13-16,21H,2,5-6,11-12,17-19H2. The van der Waals surface area contributed by atoms with Crippen LogP contribution in [0.15, 0.2) is 71.5 Å². The first kappa shape index (κ1) is 18.6. The van der Waals surface area contributed by atoms with Gasteiger partial charge in [-0.05, 0) is 42.7 Å². The number of hydrogen-bond acceptors (Lipinski definition) is 2. The summed E-state index contributed by atoms with van der Waals surface area (Å²) in [6.45, 7) is 1.95. The number of carbonyl (C=O) groups is 1. The number of aromatic nitrogens is 1. The van der Waals surface area contributed by atoms with Gasteiger partial charge in [0.2, 0.25) is 5.91 Å². The summed E-state index contributed by atoms with van der Waals surface area (Å²) >= 11 is 0. The van der Waals surface area contributed by atoms with Gasteiger partial charge in [0.1, 0.15) is 5.76 Å². The molecule has 1 aliphatic carbocycles. The summed E-state index contributed by atoms with van der Waals surface area (Å²) in [4.78, 5) is 15.3. The lowest BCUT2D eigenvalue weighted by atomic mass is 9.88. The van der Waals surface area contributed by atoms with Crippen molar-refractivity contribution in [2.45, 2.75) is 51.7 Å². The Balaban J connectivity index is 1.52. The van der Waals surface area contributed by atoms with Gasteiger partial charge in [-0.1, -0.05) is 49.6 Å². The Labute approximate surface area is 166 Å². The third-order valence-corrected chi connectivity index (χ3v) is 5.67. The molecular formula is C24H28N2O2. The van der Waals surface area contributed by atoms with E-state index < -0.39 is 0 Å². The van der Waals surface area contributed by atoms with Crippen LogP contribution < -0.4 is 0 Å². The lowest BCUT2D eigenvalue weighted by Crippen LogP contribution is -2.36. The Kier molecular flexibility index (Phi) is 5.95. The highest BCUT2D eigenvalue weighted by atomic mass is 16.3. The molecule has 1 fully saturated rings. The molecule has 4 heteroatoms. The lowest BCUT2D eigenvalue weighted by molar-refractivity contribution is -0.138. The van der Waals surface area contributed by atoms with Crippen molar-refractivity contribution in [3.05, 3.63) is 84.1 Å². The number of amides is 1. The number of hydrogen-bond donors (Lipinski definition) is 0. The topological polar surface area (TPSA) is 38.4 Å². The van der Waals surface area contributed by atoms with E-state index in [0.717, 1.165) is 43.7 Å². The van der Waals surface area contributed by atoms with Crippen molar-refractivity contribution in [1.29, 1.82) is 0 Å². The van der Waals surface area contributed by atoms with Crippen LogP contribution in [0.3, 0.4) is 0 Å². The van der Waals surface area contributed by atoms with E-state index in [1.54, 1.807) is 6.26 Å². The zero-order chi connectivity index (χ0) is 19.2. The Morgan fingerprint density at radius 2 is 1.79 bits per heavy atom. The first-order chi connectivity index (χ1) is 13.8. The van der Waals surface area contributed by atoms with E-state index in [0.29, 0.717) is 13.1 Å². The van der Waals surface area contributed by atoms with Gasteiger partial charge in [0, 0.05) is 24.4 Å². The van der Waals surface area contributed by atoms with E-state index in [-0.39, 0.29) is 11.8 Å². The van der Waals surface area contributed by atoms with Gasteiger partial charge in [-0.15, -0.1) is 0 Å². The maximum Gasteiger partial charge on any atom is 0.226 e. The molecule has 1 aliphatic rings. The highest BCUT2D eigenvalue weighted by molar-refractivity contribution is 5.78. The molecule has 0 N–H and O–H groups in total. The maximum atomic E-state index is 13.3. The van der Waals surface area contributed by atoms with Crippen LogP contribution in [0.2, 0.25) is 0 Å². The maximum absolute atomic E-state index is 13.3. The fourth-order valence-electron chi connectivity index (χ4n) is 4.13. The number of benzene rings is 1. The Morgan fingerprint density at radius 3 is 2.54 bits per heavy atom. The van der Waals surface area contributed by atoms with Crippen LogP contribution in [0.4, 0.5) is 0 Å². The van der Waals surface area contributed by atoms with Crippen LogP contribution in [-0.4, -0.2) is 15.4 Å². The molecule has 28 heavy (non-hydrogen) atoms. The normalized spacial score (nSPS) is 14.9. The number of nitrogens with zero attached hydrogens (tertiary/aromatic N) is 2. The van der Waals surface area contributed by atoms with Crippen molar-refractivity contribution in [2.24, 2.45) is 5.92 Å². The molecule has 1 aromatic carbocycles. The van der Waals surface area contributed by atoms with Crippen LogP contribution in [0, 0.1) is 5.92 Å². The molecule has 3 aromatic rings. The monoisotopic (exact) mass is 376 g/mol. The third kappa shape index (κ3) is 4.56. The first-order valence-electron chi connectivity index (χ1n) is 10.3. The van der Waals surface area contributed by atoms with Crippen molar-refractivity contribution >= 4 is 5.91 Å². The zero-order valence-electron chi connectivity index (χ0n) is 16.3. The van der Waals surface area contributed by atoms with E-state index in [1.165, 1.54) is 12.0 Å². The molecule has 4 nitrogen and oxygen atoms in total. The van der Waals surface area contributed by atoms with E-state index >= 15 is 0 Å². The minimum absolute atomic E-state index is 0.154. The van der Waals surface area contributed by atoms with Gasteiger partial charge in [0.05, 0.1) is 19.4 Å². The number of rotatable bonds is 7. The van der Waals surface area contributed by atoms with E-state index in [4.69, 9.17) is 4.42 Å². The van der Waals surface area contributed by atoms with E-state index in [1.807, 2.05) is 23.1 Å². The van der Waals surface area contributed by atoms with E-state index in [9.17, 15) is 4.79 Å². The summed E-state index contributed by atoms with van der Waals surface area (Å²) in [5, 5.41) is 0. The largest absolute Gasteiger partial charge is 0.467 e. The highest BCUT2D eigenvalue weighted by Gasteiger charge is 2.27. The van der Waals surface area contributed by atoms with Crippen molar-refractivity contribution in [2.75, 3.05) is 0 Å². The van der Waals surface area contributed by atoms with E-state index in [2.05, 4.69) is 47.2 Å². The van der Waals surface area contributed by atoms with Crippen LogP contribution in [0.25, 0.3) is 0 Å². The van der Waals surface area contributed by atoms with Crippen molar-refractivity contribution in [1.82, 2.24) is 9.47 Å².